The summed E-state index contributed by atoms with van der Waals surface area (Å²) in [5, 5.41) is 7.54. The summed E-state index contributed by atoms with van der Waals surface area (Å²) < 4.78 is 0. The Morgan fingerprint density at radius 1 is 1.00 bits per heavy atom. The molecule has 0 aliphatic heterocycles. The molecule has 0 aliphatic carbocycles. The van der Waals surface area contributed by atoms with E-state index in [1.165, 1.54) is 0 Å². The van der Waals surface area contributed by atoms with Gasteiger partial charge in [-0.3, -0.25) is 5.41 Å². The average Bonchev–Trinajstić information content (AvgIpc) is 2.18. The molecule has 0 heterocycles. The second kappa shape index (κ2) is 7.80. The second-order valence-corrected chi connectivity index (χ2v) is 3.55. The van der Waals surface area contributed by atoms with Crippen LogP contribution in [0.25, 0.3) is 0 Å². The summed E-state index contributed by atoms with van der Waals surface area (Å²) in [5.41, 5.74) is 0. The first-order valence-electron chi connectivity index (χ1n) is 5.68. The maximum Gasteiger partial charge on any atom is 0.0925 e. The summed E-state index contributed by atoms with van der Waals surface area (Å²) in [6.45, 7) is 13.7. The molecule has 84 valence electrons. The van der Waals surface area contributed by atoms with Gasteiger partial charge in [0.1, 0.15) is 0 Å². The molecular formula is C11H25N3. The second-order valence-electron chi connectivity index (χ2n) is 3.55. The Morgan fingerprint density at radius 2 is 1.57 bits per heavy atom. The van der Waals surface area contributed by atoms with Gasteiger partial charge in [-0.2, -0.15) is 0 Å². The van der Waals surface area contributed by atoms with E-state index in [4.69, 9.17) is 5.41 Å². The smallest absolute Gasteiger partial charge is 0.0925 e. The summed E-state index contributed by atoms with van der Waals surface area (Å²) >= 11 is 0. The summed E-state index contributed by atoms with van der Waals surface area (Å²) in [6.07, 6.45) is 1.16. The Morgan fingerprint density at radius 3 is 1.93 bits per heavy atom. The van der Waals surface area contributed by atoms with Crippen molar-refractivity contribution in [3.63, 3.8) is 0 Å². The van der Waals surface area contributed by atoms with Crippen molar-refractivity contribution in [3.05, 3.63) is 0 Å². The number of hydrogen-bond acceptors (Lipinski definition) is 2. The predicted molar refractivity (Wildman–Crippen MR) is 63.1 cm³/mol. The van der Waals surface area contributed by atoms with E-state index in [0.717, 1.165) is 39.1 Å². The monoisotopic (exact) mass is 199 g/mol. The molecule has 14 heavy (non-hydrogen) atoms. The summed E-state index contributed by atoms with van der Waals surface area (Å²) in [5.74, 6) is 0.687. The van der Waals surface area contributed by atoms with E-state index < -0.39 is 0 Å². The molecule has 0 saturated carbocycles. The van der Waals surface area contributed by atoms with Crippen LogP contribution in [-0.2, 0) is 0 Å². The van der Waals surface area contributed by atoms with Crippen molar-refractivity contribution in [2.75, 3.05) is 32.7 Å². The maximum atomic E-state index is 7.54. The average molecular weight is 199 g/mol. The van der Waals surface area contributed by atoms with Gasteiger partial charge in [-0.15, -0.1) is 0 Å². The number of amidine groups is 1. The Bertz CT molecular complexity index is 153. The molecule has 3 nitrogen and oxygen atoms in total. The lowest BCUT2D eigenvalue weighted by Gasteiger charge is -2.23. The fourth-order valence-electron chi connectivity index (χ4n) is 1.59. The molecule has 0 amide bonds. The molecule has 0 spiro atoms. The quantitative estimate of drug-likeness (QED) is 0.502. The van der Waals surface area contributed by atoms with Crippen molar-refractivity contribution >= 4 is 5.84 Å². The van der Waals surface area contributed by atoms with E-state index in [0.29, 0.717) is 5.84 Å². The lowest BCUT2D eigenvalue weighted by atomic mass is 10.3. The van der Waals surface area contributed by atoms with E-state index in [9.17, 15) is 0 Å². The minimum absolute atomic E-state index is 0.687. The zero-order chi connectivity index (χ0) is 11.0. The van der Waals surface area contributed by atoms with Crippen LogP contribution in [0.5, 0.6) is 0 Å². The van der Waals surface area contributed by atoms with E-state index in [1.807, 2.05) is 6.92 Å². The van der Waals surface area contributed by atoms with Gasteiger partial charge >= 0.3 is 0 Å². The first-order chi connectivity index (χ1) is 6.65. The van der Waals surface area contributed by atoms with E-state index in [-0.39, 0.29) is 0 Å². The zero-order valence-corrected chi connectivity index (χ0v) is 10.1. The Kier molecular flexibility index (Phi) is 7.48. The molecule has 0 rings (SSSR count). The molecule has 0 aromatic heterocycles. The maximum absolute atomic E-state index is 7.54. The van der Waals surface area contributed by atoms with Crippen LogP contribution in [0.15, 0.2) is 0 Å². The van der Waals surface area contributed by atoms with Gasteiger partial charge in [-0.05, 0) is 39.9 Å². The first kappa shape index (κ1) is 13.4. The van der Waals surface area contributed by atoms with Gasteiger partial charge in [0.2, 0.25) is 0 Å². The SMILES string of the molecule is CCN(CC)CCCN(CC)C(C)=N. The van der Waals surface area contributed by atoms with Crippen molar-refractivity contribution < 1.29 is 0 Å². The molecule has 0 aromatic rings. The van der Waals surface area contributed by atoms with Crippen LogP contribution in [-0.4, -0.2) is 48.4 Å². The first-order valence-corrected chi connectivity index (χ1v) is 5.68. The highest BCUT2D eigenvalue weighted by Crippen LogP contribution is 1.95. The highest BCUT2D eigenvalue weighted by Gasteiger charge is 2.03. The van der Waals surface area contributed by atoms with Gasteiger partial charge in [0, 0.05) is 13.1 Å². The molecule has 0 aliphatic rings. The van der Waals surface area contributed by atoms with E-state index >= 15 is 0 Å². The van der Waals surface area contributed by atoms with Crippen molar-refractivity contribution in [1.29, 1.82) is 5.41 Å². The molecule has 0 radical (unpaired) electrons. The van der Waals surface area contributed by atoms with Gasteiger partial charge in [0.25, 0.3) is 0 Å². The fourth-order valence-corrected chi connectivity index (χ4v) is 1.59. The molecule has 0 saturated heterocycles. The van der Waals surface area contributed by atoms with Crippen LogP contribution in [0.3, 0.4) is 0 Å². The van der Waals surface area contributed by atoms with Crippen molar-refractivity contribution in [3.8, 4) is 0 Å². The number of nitrogens with one attached hydrogen (secondary N) is 1. The lowest BCUT2D eigenvalue weighted by Crippen LogP contribution is -2.32. The Hall–Kier alpha value is -0.570. The van der Waals surface area contributed by atoms with Crippen molar-refractivity contribution in [1.82, 2.24) is 9.80 Å². The fraction of sp³-hybridized carbons (Fsp3) is 0.909. The van der Waals surface area contributed by atoms with Crippen molar-refractivity contribution in [2.45, 2.75) is 34.1 Å². The highest BCUT2D eigenvalue weighted by molar-refractivity contribution is 5.76. The van der Waals surface area contributed by atoms with Crippen LogP contribution in [0.4, 0.5) is 0 Å². The minimum Gasteiger partial charge on any atom is -0.361 e. The normalized spacial score (nSPS) is 10.6. The third kappa shape index (κ3) is 5.22. The van der Waals surface area contributed by atoms with Crippen LogP contribution in [0.1, 0.15) is 34.1 Å². The summed E-state index contributed by atoms with van der Waals surface area (Å²) in [7, 11) is 0. The van der Waals surface area contributed by atoms with Gasteiger partial charge in [0.05, 0.1) is 5.84 Å². The molecular weight excluding hydrogens is 174 g/mol. The zero-order valence-electron chi connectivity index (χ0n) is 10.1. The lowest BCUT2D eigenvalue weighted by molar-refractivity contribution is 0.283. The number of nitrogens with zero attached hydrogens (tertiary/aromatic N) is 2. The molecule has 0 unspecified atom stereocenters. The molecule has 3 heteroatoms. The van der Waals surface area contributed by atoms with Crippen LogP contribution in [0, 0.1) is 5.41 Å². The topological polar surface area (TPSA) is 30.3 Å². The van der Waals surface area contributed by atoms with Crippen LogP contribution in [0.2, 0.25) is 0 Å². The third-order valence-corrected chi connectivity index (χ3v) is 2.65. The van der Waals surface area contributed by atoms with Crippen LogP contribution >= 0.6 is 0 Å². The standard InChI is InChI=1S/C11H25N3/c1-5-13(6-2)9-8-10-14(7-3)11(4)12/h12H,5-10H2,1-4H3. The van der Waals surface area contributed by atoms with Gasteiger partial charge in [-0.25, -0.2) is 0 Å². The largest absolute Gasteiger partial charge is 0.361 e. The van der Waals surface area contributed by atoms with Gasteiger partial charge in [0.15, 0.2) is 0 Å². The van der Waals surface area contributed by atoms with Gasteiger partial charge < -0.3 is 9.80 Å². The molecule has 0 bridgehead atoms. The molecule has 0 atom stereocenters. The number of rotatable bonds is 7. The molecule has 0 aromatic carbocycles. The minimum atomic E-state index is 0.687. The van der Waals surface area contributed by atoms with Crippen molar-refractivity contribution in [2.24, 2.45) is 0 Å². The third-order valence-electron chi connectivity index (χ3n) is 2.65. The number of hydrogen-bond donors (Lipinski definition) is 1. The summed E-state index contributed by atoms with van der Waals surface area (Å²) in [4.78, 5) is 4.54. The Labute approximate surface area is 88.6 Å². The molecule has 0 fully saturated rings. The van der Waals surface area contributed by atoms with E-state index in [1.54, 1.807) is 0 Å². The highest BCUT2D eigenvalue weighted by atomic mass is 15.2. The Balaban J connectivity index is 3.65. The summed E-state index contributed by atoms with van der Waals surface area (Å²) in [6, 6.07) is 0. The predicted octanol–water partition coefficient (Wildman–Crippen LogP) is 2.04. The van der Waals surface area contributed by atoms with Gasteiger partial charge in [-0.1, -0.05) is 13.8 Å². The van der Waals surface area contributed by atoms with Crippen LogP contribution < -0.4 is 0 Å². The van der Waals surface area contributed by atoms with E-state index in [2.05, 4.69) is 30.6 Å². The molecule has 1 N–H and O–H groups in total.